The lowest BCUT2D eigenvalue weighted by Gasteiger charge is -2.23. The van der Waals surface area contributed by atoms with Gasteiger partial charge in [-0.15, -0.1) is 0 Å². The van der Waals surface area contributed by atoms with Crippen LogP contribution in [0.3, 0.4) is 0 Å². The average molecular weight is 418 g/mol. The van der Waals surface area contributed by atoms with Gasteiger partial charge < -0.3 is 10.1 Å². The van der Waals surface area contributed by atoms with Crippen molar-refractivity contribution in [2.75, 3.05) is 12.4 Å². The molecule has 2 aromatic rings. The third-order valence-corrected chi connectivity index (χ3v) is 5.00. The third kappa shape index (κ3) is 4.75. The number of anilines is 1. The molecule has 0 spiro atoms. The molecule has 0 unspecified atom stereocenters. The number of halogens is 1. The van der Waals surface area contributed by atoms with Crippen molar-refractivity contribution in [3.63, 3.8) is 0 Å². The first kappa shape index (κ1) is 22.8. The Balaban J connectivity index is 2.68. The van der Waals surface area contributed by atoms with E-state index >= 15 is 0 Å². The predicted molar refractivity (Wildman–Crippen MR) is 115 cm³/mol. The van der Waals surface area contributed by atoms with Crippen molar-refractivity contribution in [2.45, 2.75) is 59.8 Å². The number of carbonyl (C=O) groups is 2. The molecule has 0 saturated carbocycles. The summed E-state index contributed by atoms with van der Waals surface area (Å²) in [5, 5.41) is 3.53. The zero-order valence-electron chi connectivity index (χ0n) is 18.1. The van der Waals surface area contributed by atoms with E-state index in [1.807, 2.05) is 46.8 Å². The third-order valence-electron chi connectivity index (χ3n) is 4.65. The largest absolute Gasteiger partial charge is 0.465 e. The molecule has 7 heteroatoms. The molecule has 1 amide bonds. The van der Waals surface area contributed by atoms with E-state index < -0.39 is 17.3 Å². The number of esters is 1. The van der Waals surface area contributed by atoms with Crippen molar-refractivity contribution in [3.8, 4) is 0 Å². The lowest BCUT2D eigenvalue weighted by Crippen LogP contribution is -2.27. The molecule has 0 aliphatic rings. The number of ether oxygens (including phenoxy) is 1. The maximum atomic E-state index is 13.3. The van der Waals surface area contributed by atoms with E-state index in [9.17, 15) is 9.59 Å². The van der Waals surface area contributed by atoms with E-state index in [0.29, 0.717) is 28.6 Å². The van der Waals surface area contributed by atoms with Crippen molar-refractivity contribution in [3.05, 3.63) is 51.1 Å². The number of nitrogens with one attached hydrogen (secondary N) is 1. The van der Waals surface area contributed by atoms with Crippen LogP contribution in [-0.4, -0.2) is 29.0 Å². The molecule has 0 aliphatic carbocycles. The first-order chi connectivity index (χ1) is 13.5. The number of benzene rings is 1. The molecule has 0 aliphatic heterocycles. The Labute approximate surface area is 177 Å². The molecule has 0 fully saturated rings. The number of methoxy groups -OCH3 is 1. The van der Waals surface area contributed by atoms with E-state index in [1.54, 1.807) is 6.92 Å². The predicted octanol–water partition coefficient (Wildman–Crippen LogP) is 4.90. The van der Waals surface area contributed by atoms with Crippen LogP contribution in [0.5, 0.6) is 0 Å². The highest BCUT2D eigenvalue weighted by atomic mass is 35.5. The lowest BCUT2D eigenvalue weighted by atomic mass is 9.87. The van der Waals surface area contributed by atoms with E-state index in [-0.39, 0.29) is 11.3 Å². The van der Waals surface area contributed by atoms with Gasteiger partial charge in [-0.25, -0.2) is 14.8 Å². The first-order valence-corrected chi connectivity index (χ1v) is 10.0. The number of carbonyl (C=O) groups excluding carboxylic acids is 2. The molecule has 1 aromatic heterocycles. The minimum Gasteiger partial charge on any atom is -0.465 e. The Kier molecular flexibility index (Phi) is 7.01. The molecule has 1 aromatic carbocycles. The van der Waals surface area contributed by atoms with Gasteiger partial charge in [0.1, 0.15) is 17.1 Å². The summed E-state index contributed by atoms with van der Waals surface area (Å²) in [5.74, 6) is -0.726. The fourth-order valence-electron chi connectivity index (χ4n) is 3.21. The van der Waals surface area contributed by atoms with Gasteiger partial charge in [-0.1, -0.05) is 52.3 Å². The van der Waals surface area contributed by atoms with Crippen molar-refractivity contribution >= 4 is 29.2 Å². The molecule has 29 heavy (non-hydrogen) atoms. The molecule has 0 saturated heterocycles. The minimum absolute atomic E-state index is 0.00152. The zero-order valence-corrected chi connectivity index (χ0v) is 18.8. The van der Waals surface area contributed by atoms with Crippen LogP contribution in [0.4, 0.5) is 5.69 Å². The molecular weight excluding hydrogens is 390 g/mol. The van der Waals surface area contributed by atoms with Crippen molar-refractivity contribution in [1.82, 2.24) is 9.97 Å². The minimum atomic E-state index is -0.641. The average Bonchev–Trinajstić information content (AvgIpc) is 2.66. The van der Waals surface area contributed by atoms with E-state index in [0.717, 1.165) is 17.5 Å². The van der Waals surface area contributed by atoms with Gasteiger partial charge in [0.2, 0.25) is 0 Å². The van der Waals surface area contributed by atoms with Crippen molar-refractivity contribution < 1.29 is 14.3 Å². The summed E-state index contributed by atoms with van der Waals surface area (Å²) in [4.78, 5) is 34.6. The van der Waals surface area contributed by atoms with E-state index in [2.05, 4.69) is 15.3 Å². The number of hydrogen-bond acceptors (Lipinski definition) is 5. The van der Waals surface area contributed by atoms with Gasteiger partial charge in [0, 0.05) is 16.1 Å². The van der Waals surface area contributed by atoms with Gasteiger partial charge in [-0.05, 0) is 37.0 Å². The molecule has 2 rings (SSSR count). The van der Waals surface area contributed by atoms with Crippen LogP contribution in [0.1, 0.15) is 78.1 Å². The van der Waals surface area contributed by atoms with Crippen molar-refractivity contribution in [1.29, 1.82) is 0 Å². The van der Waals surface area contributed by atoms with Gasteiger partial charge in [0.05, 0.1) is 12.8 Å². The van der Waals surface area contributed by atoms with Crippen LogP contribution < -0.4 is 5.32 Å². The number of nitrogens with zero attached hydrogens (tertiary/aromatic N) is 2. The maximum Gasteiger partial charge on any atom is 0.342 e. The van der Waals surface area contributed by atoms with Crippen LogP contribution in [-0.2, 0) is 23.0 Å². The second kappa shape index (κ2) is 8.91. The van der Waals surface area contributed by atoms with Crippen LogP contribution >= 0.6 is 11.6 Å². The summed E-state index contributed by atoms with van der Waals surface area (Å²) in [6.07, 6.45) is 1.38. The van der Waals surface area contributed by atoms with Crippen LogP contribution in [0.25, 0.3) is 0 Å². The van der Waals surface area contributed by atoms with Crippen molar-refractivity contribution in [2.24, 2.45) is 0 Å². The van der Waals surface area contributed by atoms with E-state index in [4.69, 9.17) is 16.3 Å². The Morgan fingerprint density at radius 1 is 1.14 bits per heavy atom. The lowest BCUT2D eigenvalue weighted by molar-refractivity contribution is 0.0592. The fraction of sp³-hybridized carbons (Fsp3) is 0.455. The SMILES string of the molecule is CCc1ccc(Cl)c(CC)c1NC(=O)c1nc(C)nc(C(C)(C)C)c1C(=O)OC. The summed E-state index contributed by atoms with van der Waals surface area (Å²) in [5.41, 5.74) is 2.55. The number of aryl methyl sites for hydroxylation is 2. The second-order valence-corrected chi connectivity index (χ2v) is 8.21. The van der Waals surface area contributed by atoms with Gasteiger partial charge >= 0.3 is 5.97 Å². The molecule has 0 radical (unpaired) electrons. The summed E-state index contributed by atoms with van der Waals surface area (Å²) in [6.45, 7) is 11.4. The molecule has 156 valence electrons. The Bertz CT molecular complexity index is 949. The smallest absolute Gasteiger partial charge is 0.342 e. The van der Waals surface area contributed by atoms with Crippen LogP contribution in [0.15, 0.2) is 12.1 Å². The second-order valence-electron chi connectivity index (χ2n) is 7.81. The van der Waals surface area contributed by atoms with Gasteiger partial charge in [-0.2, -0.15) is 0 Å². The quantitative estimate of drug-likeness (QED) is 0.699. The van der Waals surface area contributed by atoms with E-state index in [1.165, 1.54) is 7.11 Å². The van der Waals surface area contributed by atoms with Crippen LogP contribution in [0.2, 0.25) is 5.02 Å². The normalized spacial score (nSPS) is 11.3. The summed E-state index contributed by atoms with van der Waals surface area (Å²) < 4.78 is 4.94. The molecule has 0 bridgehead atoms. The molecular formula is C22H28ClN3O3. The highest BCUT2D eigenvalue weighted by Gasteiger charge is 2.31. The molecule has 6 nitrogen and oxygen atoms in total. The molecule has 1 heterocycles. The molecule has 0 atom stereocenters. The topological polar surface area (TPSA) is 81.2 Å². The fourth-order valence-corrected chi connectivity index (χ4v) is 3.51. The Morgan fingerprint density at radius 3 is 2.31 bits per heavy atom. The maximum absolute atomic E-state index is 13.3. The monoisotopic (exact) mass is 417 g/mol. The van der Waals surface area contributed by atoms with Gasteiger partial charge in [0.25, 0.3) is 5.91 Å². The standard InChI is InChI=1S/C22H28ClN3O3/c1-8-13-10-11-15(23)14(9-2)17(13)26-20(27)18-16(21(28)29-7)19(22(4,5)6)25-12(3)24-18/h10-11H,8-9H2,1-7H3,(H,26,27). The molecule has 1 N–H and O–H groups in total. The van der Waals surface area contributed by atoms with Gasteiger partial charge in [0.15, 0.2) is 0 Å². The zero-order chi connectivity index (χ0) is 21.9. The number of rotatable bonds is 5. The number of hydrogen-bond donors (Lipinski definition) is 1. The summed E-state index contributed by atoms with van der Waals surface area (Å²) in [7, 11) is 1.28. The highest BCUT2D eigenvalue weighted by molar-refractivity contribution is 6.32. The Hall–Kier alpha value is -2.47. The Morgan fingerprint density at radius 2 is 1.79 bits per heavy atom. The number of aromatic nitrogens is 2. The number of amides is 1. The summed E-state index contributed by atoms with van der Waals surface area (Å²) in [6, 6.07) is 3.73. The highest BCUT2D eigenvalue weighted by Crippen LogP contribution is 2.31. The first-order valence-electron chi connectivity index (χ1n) is 9.64. The summed E-state index contributed by atoms with van der Waals surface area (Å²) >= 11 is 6.35. The van der Waals surface area contributed by atoms with Crippen LogP contribution in [0, 0.1) is 6.92 Å². The van der Waals surface area contributed by atoms with Gasteiger partial charge in [-0.3, -0.25) is 4.79 Å².